The highest BCUT2D eigenvalue weighted by atomic mass is 35.5. The molecule has 7 nitrogen and oxygen atoms in total. The first kappa shape index (κ1) is 18.8. The molecule has 1 saturated heterocycles. The van der Waals surface area contributed by atoms with Crippen molar-refractivity contribution < 1.29 is 8.42 Å². The summed E-state index contributed by atoms with van der Waals surface area (Å²) in [6.45, 7) is 2.28. The van der Waals surface area contributed by atoms with E-state index in [0.29, 0.717) is 40.7 Å². The normalized spacial score (nSPS) is 17.0. The number of aromatic amines is 1. The molecule has 0 aliphatic carbocycles. The van der Waals surface area contributed by atoms with Crippen LogP contribution in [-0.2, 0) is 10.0 Å². The molecule has 9 heteroatoms. The molecule has 0 bridgehead atoms. The number of nitrogens with zero attached hydrogens (tertiary/aromatic N) is 2. The predicted molar refractivity (Wildman–Crippen MR) is 112 cm³/mol. The van der Waals surface area contributed by atoms with Crippen LogP contribution < -0.4 is 15.2 Å². The predicted octanol–water partition coefficient (Wildman–Crippen LogP) is 3.29. The average Bonchev–Trinajstić information content (AvgIpc) is 3.00. The van der Waals surface area contributed by atoms with Crippen LogP contribution in [0.3, 0.4) is 0 Å². The average molecular weight is 419 g/mol. The van der Waals surface area contributed by atoms with E-state index in [2.05, 4.69) is 15.3 Å². The lowest BCUT2D eigenvalue weighted by Crippen LogP contribution is -2.26. The van der Waals surface area contributed by atoms with Gasteiger partial charge in [-0.1, -0.05) is 17.7 Å². The van der Waals surface area contributed by atoms with Gasteiger partial charge in [0.1, 0.15) is 11.6 Å². The summed E-state index contributed by atoms with van der Waals surface area (Å²) in [4.78, 5) is 19.8. The molecule has 3 heterocycles. The van der Waals surface area contributed by atoms with Gasteiger partial charge in [-0.15, -0.1) is 0 Å². The lowest BCUT2D eigenvalue weighted by Gasteiger charge is -2.19. The SMILES string of the molecule is C[C@H](Nc1cccc(N2CCCS2(=O)=O)n1)c1cc2cc(Cl)ccc2[nH]c1=O. The maximum absolute atomic E-state index is 12.5. The first-order chi connectivity index (χ1) is 13.3. The summed E-state index contributed by atoms with van der Waals surface area (Å²) in [5.41, 5.74) is 1.05. The van der Waals surface area contributed by atoms with E-state index in [4.69, 9.17) is 11.6 Å². The Bertz CT molecular complexity index is 1210. The number of rotatable bonds is 4. The second kappa shape index (κ2) is 7.10. The molecule has 1 atom stereocenters. The number of H-pyrrole nitrogens is 1. The molecule has 0 spiro atoms. The highest BCUT2D eigenvalue weighted by Crippen LogP contribution is 2.25. The van der Waals surface area contributed by atoms with Crippen LogP contribution in [0.25, 0.3) is 10.9 Å². The molecule has 0 radical (unpaired) electrons. The first-order valence-electron chi connectivity index (χ1n) is 8.90. The minimum Gasteiger partial charge on any atom is -0.363 e. The van der Waals surface area contributed by atoms with Crippen molar-refractivity contribution in [3.05, 3.63) is 63.4 Å². The molecule has 2 aromatic heterocycles. The van der Waals surface area contributed by atoms with Crippen LogP contribution in [-0.4, -0.2) is 30.7 Å². The van der Waals surface area contributed by atoms with Crippen molar-refractivity contribution >= 4 is 44.2 Å². The maximum atomic E-state index is 12.5. The van der Waals surface area contributed by atoms with Gasteiger partial charge in [0.25, 0.3) is 5.56 Å². The van der Waals surface area contributed by atoms with Crippen molar-refractivity contribution in [3.63, 3.8) is 0 Å². The molecule has 0 unspecified atom stereocenters. The highest BCUT2D eigenvalue weighted by molar-refractivity contribution is 7.93. The fourth-order valence-corrected chi connectivity index (χ4v) is 5.04. The second-order valence-electron chi connectivity index (χ2n) is 6.77. The van der Waals surface area contributed by atoms with Gasteiger partial charge in [-0.3, -0.25) is 9.10 Å². The molecule has 1 aromatic carbocycles. The number of anilines is 2. The van der Waals surface area contributed by atoms with Crippen molar-refractivity contribution in [1.29, 1.82) is 0 Å². The zero-order valence-electron chi connectivity index (χ0n) is 15.1. The van der Waals surface area contributed by atoms with Crippen molar-refractivity contribution in [2.45, 2.75) is 19.4 Å². The zero-order valence-corrected chi connectivity index (χ0v) is 16.7. The summed E-state index contributed by atoms with van der Waals surface area (Å²) in [6.07, 6.45) is 0.590. The lowest BCUT2D eigenvalue weighted by molar-refractivity contribution is 0.599. The van der Waals surface area contributed by atoms with Crippen LogP contribution in [0.5, 0.6) is 0 Å². The molecular weight excluding hydrogens is 400 g/mol. The van der Waals surface area contributed by atoms with Gasteiger partial charge in [0.15, 0.2) is 0 Å². The molecule has 0 saturated carbocycles. The summed E-state index contributed by atoms with van der Waals surface area (Å²) >= 11 is 6.05. The summed E-state index contributed by atoms with van der Waals surface area (Å²) in [6, 6.07) is 11.9. The second-order valence-corrected chi connectivity index (χ2v) is 9.22. The van der Waals surface area contributed by atoms with Crippen molar-refractivity contribution in [2.24, 2.45) is 0 Å². The zero-order chi connectivity index (χ0) is 19.9. The van der Waals surface area contributed by atoms with Crippen LogP contribution in [0.1, 0.15) is 24.9 Å². The van der Waals surface area contributed by atoms with E-state index in [-0.39, 0.29) is 17.4 Å². The van der Waals surface area contributed by atoms with Gasteiger partial charge < -0.3 is 10.3 Å². The van der Waals surface area contributed by atoms with Gasteiger partial charge in [0.2, 0.25) is 10.0 Å². The third-order valence-corrected chi connectivity index (χ3v) is 6.84. The van der Waals surface area contributed by atoms with Crippen LogP contribution in [0.4, 0.5) is 11.6 Å². The van der Waals surface area contributed by atoms with E-state index in [1.54, 1.807) is 42.5 Å². The Morgan fingerprint density at radius 2 is 2.07 bits per heavy atom. The molecule has 2 N–H and O–H groups in total. The van der Waals surface area contributed by atoms with E-state index in [1.807, 2.05) is 6.92 Å². The molecule has 146 valence electrons. The fourth-order valence-electron chi connectivity index (χ4n) is 3.36. The van der Waals surface area contributed by atoms with E-state index in [9.17, 15) is 13.2 Å². The highest BCUT2D eigenvalue weighted by Gasteiger charge is 2.29. The number of aromatic nitrogens is 2. The summed E-state index contributed by atoms with van der Waals surface area (Å²) in [7, 11) is -3.30. The first-order valence-corrected chi connectivity index (χ1v) is 10.9. The standard InChI is InChI=1S/C19H19ClN4O3S/c1-12(15-11-13-10-14(20)6-7-16(13)22-19(15)25)21-17-4-2-5-18(23-17)24-8-3-9-28(24,26)27/h2,4-7,10-12H,3,8-9H2,1H3,(H,21,23)(H,22,25)/t12-/m0/s1. The maximum Gasteiger partial charge on any atom is 0.253 e. The van der Waals surface area contributed by atoms with Gasteiger partial charge in [-0.05, 0) is 49.7 Å². The number of hydrogen-bond donors (Lipinski definition) is 2. The molecule has 1 aliphatic rings. The largest absolute Gasteiger partial charge is 0.363 e. The number of benzene rings is 1. The number of pyridine rings is 2. The number of nitrogens with one attached hydrogen (secondary N) is 2. The van der Waals surface area contributed by atoms with Crippen molar-refractivity contribution in [2.75, 3.05) is 21.9 Å². The minimum atomic E-state index is -3.30. The molecule has 28 heavy (non-hydrogen) atoms. The van der Waals surface area contributed by atoms with Gasteiger partial charge in [-0.2, -0.15) is 0 Å². The molecule has 0 amide bonds. The Kier molecular flexibility index (Phi) is 4.76. The molecule has 4 rings (SSSR count). The smallest absolute Gasteiger partial charge is 0.253 e. The molecule has 1 fully saturated rings. The Hall–Kier alpha value is -2.58. The number of sulfonamides is 1. The third-order valence-electron chi connectivity index (χ3n) is 4.76. The number of fused-ring (bicyclic) bond motifs is 1. The Morgan fingerprint density at radius 3 is 2.82 bits per heavy atom. The number of halogens is 1. The van der Waals surface area contributed by atoms with Crippen LogP contribution in [0.15, 0.2) is 47.3 Å². The summed E-state index contributed by atoms with van der Waals surface area (Å²) in [5.74, 6) is 1.02. The van der Waals surface area contributed by atoms with Gasteiger partial charge in [-0.25, -0.2) is 13.4 Å². The Labute approximate surface area is 167 Å². The van der Waals surface area contributed by atoms with Crippen LogP contribution >= 0.6 is 11.6 Å². The third kappa shape index (κ3) is 3.57. The quantitative estimate of drug-likeness (QED) is 0.677. The van der Waals surface area contributed by atoms with E-state index < -0.39 is 10.0 Å². The van der Waals surface area contributed by atoms with Gasteiger partial charge in [0, 0.05) is 28.0 Å². The fraction of sp³-hybridized carbons (Fsp3) is 0.263. The molecule has 3 aromatic rings. The Balaban J connectivity index is 1.63. The van der Waals surface area contributed by atoms with Crippen molar-refractivity contribution in [1.82, 2.24) is 9.97 Å². The van der Waals surface area contributed by atoms with Crippen LogP contribution in [0.2, 0.25) is 5.02 Å². The van der Waals surface area contributed by atoms with Gasteiger partial charge >= 0.3 is 0 Å². The molecule has 1 aliphatic heterocycles. The van der Waals surface area contributed by atoms with E-state index >= 15 is 0 Å². The van der Waals surface area contributed by atoms with Gasteiger partial charge in [0.05, 0.1) is 11.8 Å². The molecular formula is C19H19ClN4O3S. The lowest BCUT2D eigenvalue weighted by atomic mass is 10.1. The topological polar surface area (TPSA) is 95.2 Å². The Morgan fingerprint density at radius 1 is 1.25 bits per heavy atom. The number of hydrogen-bond acceptors (Lipinski definition) is 5. The van der Waals surface area contributed by atoms with E-state index in [0.717, 1.165) is 5.39 Å². The summed E-state index contributed by atoms with van der Waals surface area (Å²) in [5, 5.41) is 4.61. The van der Waals surface area contributed by atoms with Crippen LogP contribution in [0, 0.1) is 0 Å². The monoisotopic (exact) mass is 418 g/mol. The van der Waals surface area contributed by atoms with E-state index in [1.165, 1.54) is 4.31 Å². The summed E-state index contributed by atoms with van der Waals surface area (Å²) < 4.78 is 25.6. The minimum absolute atomic E-state index is 0.137. The van der Waals surface area contributed by atoms with Crippen molar-refractivity contribution in [3.8, 4) is 0 Å².